The van der Waals surface area contributed by atoms with Gasteiger partial charge in [-0.2, -0.15) is 8.42 Å². The van der Waals surface area contributed by atoms with Crippen LogP contribution in [0.5, 0.6) is 0 Å². The molecule has 0 fully saturated rings. The summed E-state index contributed by atoms with van der Waals surface area (Å²) in [5.41, 5.74) is 0. The van der Waals surface area contributed by atoms with Crippen LogP contribution in [0.2, 0.25) is 0 Å². The van der Waals surface area contributed by atoms with Gasteiger partial charge in [0.15, 0.2) is 0 Å². The molecule has 0 radical (unpaired) electrons. The van der Waals surface area contributed by atoms with Gasteiger partial charge in [-0.15, -0.1) is 0 Å². The maximum atomic E-state index is 11.9. The average Bonchev–Trinajstić information content (AvgIpc) is 2.53. The fraction of sp³-hybridized carbons (Fsp3) is 0.667. The van der Waals surface area contributed by atoms with Crippen LogP contribution in [0.4, 0.5) is 0 Å². The molecule has 0 bridgehead atoms. The standard InChI is InChI=1S/C18H30O3S.Li.H/c1-2-3-4-5-6-7-8-9-10-14-17-21-22(19,20)18-15-12-11-13-16-18;;/h11-13,15-16H,2-10,14,17H2,1H3;;/q;+1;-1. The quantitative estimate of drug-likeness (QED) is 0.316. The van der Waals surface area contributed by atoms with Gasteiger partial charge in [-0.05, 0) is 18.6 Å². The molecular formula is C18H31LiO3S. The SMILES string of the molecule is CCCCCCCCCCCCOS(=O)(=O)c1ccccc1.[H-].[Li+]. The van der Waals surface area contributed by atoms with E-state index in [-0.39, 0.29) is 31.8 Å². The first kappa shape index (κ1) is 22.7. The molecule has 1 rings (SSSR count). The van der Waals surface area contributed by atoms with Crippen LogP contribution in [0, 0.1) is 0 Å². The Bertz CT molecular complexity index is 480. The van der Waals surface area contributed by atoms with E-state index in [9.17, 15) is 8.42 Å². The van der Waals surface area contributed by atoms with Gasteiger partial charge in [0.25, 0.3) is 10.1 Å². The van der Waals surface area contributed by atoms with E-state index >= 15 is 0 Å². The van der Waals surface area contributed by atoms with Crippen molar-refractivity contribution in [3.63, 3.8) is 0 Å². The molecule has 128 valence electrons. The molecule has 0 spiro atoms. The fourth-order valence-electron chi connectivity index (χ4n) is 2.41. The number of unbranched alkanes of at least 4 members (excludes halogenated alkanes) is 9. The second-order valence-electron chi connectivity index (χ2n) is 5.77. The number of hydrogen-bond acceptors (Lipinski definition) is 3. The molecule has 1 aromatic carbocycles. The van der Waals surface area contributed by atoms with Gasteiger partial charge >= 0.3 is 18.9 Å². The van der Waals surface area contributed by atoms with Crippen molar-refractivity contribution in [3.8, 4) is 0 Å². The average molecular weight is 334 g/mol. The van der Waals surface area contributed by atoms with Gasteiger partial charge in [0, 0.05) is 0 Å². The van der Waals surface area contributed by atoms with Crippen molar-refractivity contribution in [1.29, 1.82) is 0 Å². The summed E-state index contributed by atoms with van der Waals surface area (Å²) in [5, 5.41) is 0. The molecule has 0 saturated carbocycles. The van der Waals surface area contributed by atoms with Crippen molar-refractivity contribution in [1.82, 2.24) is 0 Å². The molecule has 0 heterocycles. The Hall–Kier alpha value is -0.273. The first-order valence-corrected chi connectivity index (χ1v) is 10.0. The van der Waals surface area contributed by atoms with Crippen molar-refractivity contribution >= 4 is 10.1 Å². The van der Waals surface area contributed by atoms with Gasteiger partial charge in [-0.1, -0.05) is 82.9 Å². The van der Waals surface area contributed by atoms with E-state index in [1.165, 1.54) is 51.4 Å². The Balaban J connectivity index is 0. The maximum absolute atomic E-state index is 11.9. The summed E-state index contributed by atoms with van der Waals surface area (Å²) in [7, 11) is -3.57. The summed E-state index contributed by atoms with van der Waals surface area (Å²) in [4.78, 5) is 0.238. The molecule has 23 heavy (non-hydrogen) atoms. The minimum atomic E-state index is -3.57. The molecule has 0 saturated heterocycles. The zero-order valence-corrected chi connectivity index (χ0v) is 15.6. The van der Waals surface area contributed by atoms with Crippen molar-refractivity contribution in [2.45, 2.75) is 76.0 Å². The fourth-order valence-corrected chi connectivity index (χ4v) is 3.38. The first-order valence-electron chi connectivity index (χ1n) is 8.61. The predicted octanol–water partition coefficient (Wildman–Crippen LogP) is 2.43. The van der Waals surface area contributed by atoms with Crippen LogP contribution in [-0.4, -0.2) is 15.0 Å². The smallest absolute Gasteiger partial charge is 1.00 e. The van der Waals surface area contributed by atoms with Crippen LogP contribution >= 0.6 is 0 Å². The maximum Gasteiger partial charge on any atom is 1.00 e. The van der Waals surface area contributed by atoms with Crippen molar-refractivity contribution in [3.05, 3.63) is 30.3 Å². The molecule has 0 amide bonds. The number of hydrogen-bond donors (Lipinski definition) is 0. The molecule has 0 atom stereocenters. The number of rotatable bonds is 13. The minimum absolute atomic E-state index is 0. The molecular weight excluding hydrogens is 303 g/mol. The monoisotopic (exact) mass is 334 g/mol. The molecule has 0 aliphatic carbocycles. The second kappa shape index (κ2) is 14.1. The Morgan fingerprint density at radius 3 is 1.83 bits per heavy atom. The van der Waals surface area contributed by atoms with Crippen molar-refractivity contribution in [2.24, 2.45) is 0 Å². The Kier molecular flexibility index (Phi) is 13.9. The number of benzene rings is 1. The minimum Gasteiger partial charge on any atom is -1.00 e. The van der Waals surface area contributed by atoms with E-state index in [0.29, 0.717) is 0 Å². The van der Waals surface area contributed by atoms with Gasteiger partial charge in [-0.3, -0.25) is 4.18 Å². The molecule has 1 aromatic rings. The topological polar surface area (TPSA) is 43.4 Å². The van der Waals surface area contributed by atoms with Gasteiger partial charge in [0.2, 0.25) is 0 Å². The van der Waals surface area contributed by atoms with E-state index in [4.69, 9.17) is 4.18 Å². The summed E-state index contributed by atoms with van der Waals surface area (Å²) >= 11 is 0. The van der Waals surface area contributed by atoms with Gasteiger partial charge in [-0.25, -0.2) is 0 Å². The summed E-state index contributed by atoms with van der Waals surface area (Å²) in [6.07, 6.45) is 12.3. The van der Waals surface area contributed by atoms with E-state index in [0.717, 1.165) is 12.8 Å². The van der Waals surface area contributed by atoms with Crippen molar-refractivity contribution < 1.29 is 32.9 Å². The third kappa shape index (κ3) is 11.0. The summed E-state index contributed by atoms with van der Waals surface area (Å²) in [6.45, 7) is 2.52. The van der Waals surface area contributed by atoms with E-state index < -0.39 is 10.1 Å². The predicted molar refractivity (Wildman–Crippen MR) is 92.5 cm³/mol. The Morgan fingerprint density at radius 1 is 0.826 bits per heavy atom. The molecule has 0 unspecified atom stereocenters. The van der Waals surface area contributed by atoms with Gasteiger partial charge in [0.05, 0.1) is 11.5 Å². The molecule has 0 N–H and O–H groups in total. The van der Waals surface area contributed by atoms with Crippen molar-refractivity contribution in [2.75, 3.05) is 6.61 Å². The molecule has 0 aliphatic rings. The first-order chi connectivity index (χ1) is 10.7. The Morgan fingerprint density at radius 2 is 1.30 bits per heavy atom. The summed E-state index contributed by atoms with van der Waals surface area (Å²) in [5.74, 6) is 0. The third-order valence-electron chi connectivity index (χ3n) is 3.77. The van der Waals surface area contributed by atoms with Crippen LogP contribution in [-0.2, 0) is 14.3 Å². The zero-order valence-electron chi connectivity index (χ0n) is 15.8. The van der Waals surface area contributed by atoms with E-state index in [2.05, 4.69) is 6.92 Å². The van der Waals surface area contributed by atoms with Gasteiger partial charge in [0.1, 0.15) is 0 Å². The van der Waals surface area contributed by atoms with Crippen LogP contribution in [0.3, 0.4) is 0 Å². The van der Waals surface area contributed by atoms with Crippen LogP contribution < -0.4 is 18.9 Å². The molecule has 3 nitrogen and oxygen atoms in total. The largest absolute Gasteiger partial charge is 1.00 e. The van der Waals surface area contributed by atoms with E-state index in [1.807, 2.05) is 0 Å². The van der Waals surface area contributed by atoms with Gasteiger partial charge < -0.3 is 1.43 Å². The van der Waals surface area contributed by atoms with Crippen LogP contribution in [0.15, 0.2) is 35.2 Å². The normalized spacial score (nSPS) is 11.2. The summed E-state index contributed by atoms with van der Waals surface area (Å²) in [6, 6.07) is 8.33. The third-order valence-corrected chi connectivity index (χ3v) is 5.09. The van der Waals surface area contributed by atoms with E-state index in [1.54, 1.807) is 30.3 Å². The summed E-state index contributed by atoms with van der Waals surface area (Å²) < 4.78 is 28.8. The molecule has 0 aliphatic heterocycles. The zero-order chi connectivity index (χ0) is 16.1. The molecule has 5 heteroatoms. The van der Waals surface area contributed by atoms with Crippen LogP contribution in [0.1, 0.15) is 72.6 Å². The molecule has 0 aromatic heterocycles. The second-order valence-corrected chi connectivity index (χ2v) is 7.39. The Labute approximate surface area is 156 Å². The van der Waals surface area contributed by atoms with Crippen LogP contribution in [0.25, 0.3) is 0 Å².